The number of hydrogen-bond donors (Lipinski definition) is 0. The Morgan fingerprint density at radius 1 is 1.19 bits per heavy atom. The van der Waals surface area contributed by atoms with E-state index in [0.29, 0.717) is 0 Å². The lowest BCUT2D eigenvalue weighted by Gasteiger charge is -2.26. The molecule has 0 heterocycles. The molecule has 0 atom stereocenters. The van der Waals surface area contributed by atoms with Crippen molar-refractivity contribution in [2.75, 3.05) is 13.1 Å². The summed E-state index contributed by atoms with van der Waals surface area (Å²) in [5.74, 6) is 0. The van der Waals surface area contributed by atoms with Crippen LogP contribution in [0, 0.1) is 0 Å². The zero-order chi connectivity index (χ0) is 11.6. The number of hydrogen-bond acceptors (Lipinski definition) is 2. The Balaban J connectivity index is 2.30. The molecule has 94 valence electrons. The molecule has 1 saturated carbocycles. The Bertz CT molecular complexity index is 188. The van der Waals surface area contributed by atoms with Crippen molar-refractivity contribution in [1.29, 1.82) is 0 Å². The van der Waals surface area contributed by atoms with Crippen molar-refractivity contribution in [3.8, 4) is 0 Å². The van der Waals surface area contributed by atoms with Gasteiger partial charge in [-0.1, -0.05) is 33.1 Å². The summed E-state index contributed by atoms with van der Waals surface area (Å²) < 4.78 is 2.35. The first-order valence-electron chi connectivity index (χ1n) is 6.80. The van der Waals surface area contributed by atoms with E-state index in [1.807, 2.05) is 11.9 Å². The third-order valence-corrected chi connectivity index (χ3v) is 4.16. The largest absolute Gasteiger partial charge is 0.307 e. The Morgan fingerprint density at radius 2 is 1.94 bits per heavy atom. The maximum Gasteiger partial charge on any atom is 0.0949 e. The van der Waals surface area contributed by atoms with Crippen LogP contribution in [0.25, 0.3) is 0 Å². The molecule has 0 aromatic carbocycles. The van der Waals surface area contributed by atoms with Gasteiger partial charge in [0.2, 0.25) is 0 Å². The molecule has 1 aliphatic carbocycles. The van der Waals surface area contributed by atoms with Crippen LogP contribution >= 0.6 is 11.9 Å². The van der Waals surface area contributed by atoms with Crippen LogP contribution < -0.4 is 0 Å². The molecule has 0 bridgehead atoms. The lowest BCUT2D eigenvalue weighted by molar-refractivity contribution is 0.508. The molecule has 1 rings (SSSR count). The van der Waals surface area contributed by atoms with Gasteiger partial charge in [-0.15, -0.1) is 0 Å². The Labute approximate surface area is 105 Å². The molecule has 16 heavy (non-hydrogen) atoms. The second-order valence-electron chi connectivity index (χ2n) is 4.53. The molecule has 0 spiro atoms. The first-order valence-corrected chi connectivity index (χ1v) is 7.63. The second-order valence-corrected chi connectivity index (χ2v) is 5.87. The fourth-order valence-corrected chi connectivity index (χ4v) is 3.33. The van der Waals surface area contributed by atoms with Crippen LogP contribution in [-0.4, -0.2) is 29.0 Å². The molecular weight excluding hydrogens is 216 g/mol. The predicted octanol–water partition coefficient (Wildman–Crippen LogP) is 4.12. The lowest BCUT2D eigenvalue weighted by Crippen LogP contribution is -2.21. The summed E-state index contributed by atoms with van der Waals surface area (Å²) in [6.45, 7) is 6.51. The van der Waals surface area contributed by atoms with E-state index in [-0.39, 0.29) is 0 Å². The van der Waals surface area contributed by atoms with E-state index in [9.17, 15) is 0 Å². The van der Waals surface area contributed by atoms with Gasteiger partial charge in [-0.25, -0.2) is 0 Å². The second kappa shape index (κ2) is 8.91. The van der Waals surface area contributed by atoms with Gasteiger partial charge in [0.05, 0.1) is 6.34 Å². The molecule has 1 aliphatic rings. The third-order valence-electron chi connectivity index (χ3n) is 2.84. The Morgan fingerprint density at radius 3 is 2.56 bits per heavy atom. The molecule has 0 aromatic rings. The molecule has 1 fully saturated rings. The molecule has 0 aliphatic heterocycles. The molecule has 3 heteroatoms. The van der Waals surface area contributed by atoms with E-state index in [1.165, 1.54) is 38.5 Å². The summed E-state index contributed by atoms with van der Waals surface area (Å²) in [6, 6.07) is 0. The van der Waals surface area contributed by atoms with Gasteiger partial charge in [0.25, 0.3) is 0 Å². The highest BCUT2D eigenvalue weighted by atomic mass is 32.2. The van der Waals surface area contributed by atoms with Crippen molar-refractivity contribution in [1.82, 2.24) is 4.31 Å². The van der Waals surface area contributed by atoms with E-state index in [2.05, 4.69) is 29.5 Å². The van der Waals surface area contributed by atoms with Crippen LogP contribution in [0.3, 0.4) is 0 Å². The molecule has 0 saturated heterocycles. The zero-order valence-electron chi connectivity index (χ0n) is 10.8. The average molecular weight is 242 g/mol. The fraction of sp³-hybridized carbons (Fsp3) is 0.923. The molecule has 0 radical (unpaired) electrons. The van der Waals surface area contributed by atoms with Crippen LogP contribution in [0.4, 0.5) is 0 Å². The van der Waals surface area contributed by atoms with Gasteiger partial charge >= 0.3 is 0 Å². The minimum Gasteiger partial charge on any atom is -0.307 e. The number of nitrogens with zero attached hydrogens (tertiary/aromatic N) is 2. The SMILES string of the molecule is CCC/N=C/N(CCC)SC1CCCCC1. The number of rotatable bonds is 7. The Hall–Kier alpha value is -0.180. The van der Waals surface area contributed by atoms with Gasteiger partial charge in [-0.3, -0.25) is 4.99 Å². The topological polar surface area (TPSA) is 15.6 Å². The fourth-order valence-electron chi connectivity index (χ4n) is 2.00. The summed E-state index contributed by atoms with van der Waals surface area (Å²) in [7, 11) is 0. The normalized spacial score (nSPS) is 18.1. The first-order chi connectivity index (χ1) is 7.86. The maximum atomic E-state index is 4.45. The molecule has 0 N–H and O–H groups in total. The highest BCUT2D eigenvalue weighted by Gasteiger charge is 2.16. The monoisotopic (exact) mass is 242 g/mol. The van der Waals surface area contributed by atoms with Gasteiger partial charge in [0.1, 0.15) is 0 Å². The molecule has 0 aromatic heterocycles. The van der Waals surface area contributed by atoms with Gasteiger partial charge < -0.3 is 4.31 Å². The summed E-state index contributed by atoms with van der Waals surface area (Å²) in [6.07, 6.45) is 11.5. The van der Waals surface area contributed by atoms with E-state index < -0.39 is 0 Å². The van der Waals surface area contributed by atoms with Crippen LogP contribution in [0.5, 0.6) is 0 Å². The summed E-state index contributed by atoms with van der Waals surface area (Å²) in [5, 5.41) is 0.841. The first kappa shape index (κ1) is 13.9. The van der Waals surface area contributed by atoms with Gasteiger partial charge in [0.15, 0.2) is 0 Å². The van der Waals surface area contributed by atoms with Gasteiger partial charge in [0, 0.05) is 18.3 Å². The summed E-state index contributed by atoms with van der Waals surface area (Å²) in [5.41, 5.74) is 0. The molecule has 2 nitrogen and oxygen atoms in total. The summed E-state index contributed by atoms with van der Waals surface area (Å²) in [4.78, 5) is 4.45. The van der Waals surface area contributed by atoms with Crippen molar-refractivity contribution >= 4 is 18.3 Å². The standard InChI is InChI=1S/C13H26N2S/c1-3-10-14-12-15(11-4-2)16-13-8-6-5-7-9-13/h12-13H,3-11H2,1-2H3/b14-12+. The van der Waals surface area contributed by atoms with E-state index in [1.54, 1.807) is 0 Å². The lowest BCUT2D eigenvalue weighted by atomic mass is 10.0. The molecular formula is C13H26N2S. The van der Waals surface area contributed by atoms with Crippen molar-refractivity contribution < 1.29 is 0 Å². The minimum absolute atomic E-state index is 0.841. The van der Waals surface area contributed by atoms with E-state index in [0.717, 1.165) is 24.8 Å². The maximum absolute atomic E-state index is 4.45. The highest BCUT2D eigenvalue weighted by molar-refractivity contribution is 7.98. The molecule has 0 unspecified atom stereocenters. The van der Waals surface area contributed by atoms with Crippen LogP contribution in [-0.2, 0) is 0 Å². The van der Waals surface area contributed by atoms with Crippen molar-refractivity contribution in [3.63, 3.8) is 0 Å². The average Bonchev–Trinajstić information content (AvgIpc) is 2.31. The smallest absolute Gasteiger partial charge is 0.0949 e. The zero-order valence-corrected chi connectivity index (χ0v) is 11.6. The predicted molar refractivity (Wildman–Crippen MR) is 75.1 cm³/mol. The summed E-state index contributed by atoms with van der Waals surface area (Å²) >= 11 is 2.02. The molecule has 0 amide bonds. The van der Waals surface area contributed by atoms with Crippen molar-refractivity contribution in [2.45, 2.75) is 64.0 Å². The Kier molecular flexibility index (Phi) is 7.73. The van der Waals surface area contributed by atoms with Crippen LogP contribution in [0.2, 0.25) is 0 Å². The van der Waals surface area contributed by atoms with E-state index >= 15 is 0 Å². The van der Waals surface area contributed by atoms with E-state index in [4.69, 9.17) is 0 Å². The van der Waals surface area contributed by atoms with Gasteiger partial charge in [-0.2, -0.15) is 0 Å². The minimum atomic E-state index is 0.841. The van der Waals surface area contributed by atoms with Crippen molar-refractivity contribution in [2.24, 2.45) is 4.99 Å². The van der Waals surface area contributed by atoms with Crippen LogP contribution in [0.15, 0.2) is 4.99 Å². The highest BCUT2D eigenvalue weighted by Crippen LogP contribution is 2.29. The third kappa shape index (κ3) is 5.78. The van der Waals surface area contributed by atoms with Gasteiger partial charge in [-0.05, 0) is 37.6 Å². The van der Waals surface area contributed by atoms with Crippen molar-refractivity contribution in [3.05, 3.63) is 0 Å². The quantitative estimate of drug-likeness (QED) is 0.379. The van der Waals surface area contributed by atoms with Crippen LogP contribution in [0.1, 0.15) is 58.8 Å². The number of aliphatic imine (C=N–C) groups is 1.